The summed E-state index contributed by atoms with van der Waals surface area (Å²) in [4.78, 5) is 12.5. The Kier molecular flexibility index (Phi) is 7.57. The van der Waals surface area contributed by atoms with E-state index in [1.807, 2.05) is 48.7 Å². The van der Waals surface area contributed by atoms with Gasteiger partial charge in [0, 0.05) is 23.0 Å². The summed E-state index contributed by atoms with van der Waals surface area (Å²) in [5.74, 6) is -0.374. The number of rotatable bonds is 7. The number of nitriles is 1. The van der Waals surface area contributed by atoms with Crippen molar-refractivity contribution >= 4 is 35.2 Å². The average Bonchev–Trinajstić information content (AvgIpc) is 3.04. The van der Waals surface area contributed by atoms with Crippen LogP contribution >= 0.6 is 23.2 Å². The lowest BCUT2D eigenvalue weighted by Gasteiger charge is -2.12. The number of halogens is 2. The number of aryl methyl sites for hydroxylation is 2. The predicted molar refractivity (Wildman–Crippen MR) is 127 cm³/mol. The van der Waals surface area contributed by atoms with Crippen LogP contribution in [0.4, 0.5) is 0 Å². The van der Waals surface area contributed by atoms with Crippen LogP contribution in [0.25, 0.3) is 11.8 Å². The van der Waals surface area contributed by atoms with Gasteiger partial charge in [-0.05, 0) is 68.2 Å². The molecule has 0 unspecified atom stereocenters. The van der Waals surface area contributed by atoms with Crippen molar-refractivity contribution in [3.63, 3.8) is 0 Å². The van der Waals surface area contributed by atoms with Gasteiger partial charge in [-0.15, -0.1) is 0 Å². The Labute approximate surface area is 192 Å². The quantitative estimate of drug-likeness (QED) is 0.269. The number of amides is 1. The molecule has 0 spiro atoms. The lowest BCUT2D eigenvalue weighted by molar-refractivity contribution is -0.117. The van der Waals surface area contributed by atoms with Gasteiger partial charge in [-0.1, -0.05) is 53.5 Å². The molecule has 0 saturated heterocycles. The molecule has 0 radical (unpaired) electrons. The summed E-state index contributed by atoms with van der Waals surface area (Å²) >= 11 is 12.5. The standard InChI is InChI=1S/C25H23Cl2N3O/c1-17-13-20(18(2)30(17)24-15-22(26)10-11-23(24)27)14-21(16-28)25(31)29-12-6-9-19-7-4-3-5-8-19/h3-5,7-8,10-11,13-15H,6,9,12H2,1-2H3,(H,29,31)/b21-14-. The largest absolute Gasteiger partial charge is 0.351 e. The molecule has 31 heavy (non-hydrogen) atoms. The van der Waals surface area contributed by atoms with E-state index in [0.29, 0.717) is 16.6 Å². The molecule has 3 aromatic rings. The third-order valence-corrected chi connectivity index (χ3v) is 5.61. The molecule has 0 aliphatic carbocycles. The summed E-state index contributed by atoms with van der Waals surface area (Å²) in [6.45, 7) is 4.37. The number of nitrogens with zero attached hydrogens (tertiary/aromatic N) is 2. The second-order valence-electron chi connectivity index (χ2n) is 7.27. The number of carbonyl (C=O) groups is 1. The number of aromatic nitrogens is 1. The zero-order valence-corrected chi connectivity index (χ0v) is 19.0. The first-order chi connectivity index (χ1) is 14.9. The lowest BCUT2D eigenvalue weighted by Crippen LogP contribution is -2.25. The SMILES string of the molecule is Cc1cc(/C=C(/C#N)C(=O)NCCCc2ccccc2)c(C)n1-c1cc(Cl)ccc1Cl. The third-order valence-electron chi connectivity index (χ3n) is 5.05. The van der Waals surface area contributed by atoms with Gasteiger partial charge in [-0.3, -0.25) is 4.79 Å². The maximum atomic E-state index is 12.5. The van der Waals surface area contributed by atoms with E-state index in [9.17, 15) is 10.1 Å². The molecule has 4 nitrogen and oxygen atoms in total. The highest BCUT2D eigenvalue weighted by molar-refractivity contribution is 6.34. The maximum absolute atomic E-state index is 12.5. The van der Waals surface area contributed by atoms with Crippen LogP contribution in [0.15, 0.2) is 60.2 Å². The summed E-state index contributed by atoms with van der Waals surface area (Å²) < 4.78 is 1.97. The van der Waals surface area contributed by atoms with Crippen molar-refractivity contribution in [1.29, 1.82) is 5.26 Å². The molecular weight excluding hydrogens is 429 g/mol. The number of benzene rings is 2. The second-order valence-corrected chi connectivity index (χ2v) is 8.12. The van der Waals surface area contributed by atoms with Crippen LogP contribution < -0.4 is 5.32 Å². The molecule has 1 amide bonds. The van der Waals surface area contributed by atoms with Gasteiger partial charge in [0.15, 0.2) is 0 Å². The lowest BCUT2D eigenvalue weighted by atomic mass is 10.1. The van der Waals surface area contributed by atoms with Gasteiger partial charge in [0.05, 0.1) is 10.7 Å². The molecule has 0 aliphatic rings. The molecule has 0 fully saturated rings. The molecule has 0 aliphatic heterocycles. The van der Waals surface area contributed by atoms with Gasteiger partial charge in [-0.2, -0.15) is 5.26 Å². The molecule has 0 atom stereocenters. The smallest absolute Gasteiger partial charge is 0.261 e. The number of nitrogens with one attached hydrogen (secondary N) is 1. The normalized spacial score (nSPS) is 11.3. The van der Waals surface area contributed by atoms with Gasteiger partial charge >= 0.3 is 0 Å². The Bertz CT molecular complexity index is 1160. The van der Waals surface area contributed by atoms with Crippen LogP contribution in [0, 0.1) is 25.2 Å². The molecular formula is C25H23Cl2N3O. The van der Waals surface area contributed by atoms with E-state index in [1.54, 1.807) is 24.3 Å². The average molecular weight is 452 g/mol. The zero-order valence-electron chi connectivity index (χ0n) is 17.5. The Morgan fingerprint density at radius 2 is 1.87 bits per heavy atom. The highest BCUT2D eigenvalue weighted by Gasteiger charge is 2.15. The second kappa shape index (κ2) is 10.3. The van der Waals surface area contributed by atoms with Crippen molar-refractivity contribution in [1.82, 2.24) is 9.88 Å². The Morgan fingerprint density at radius 3 is 2.58 bits per heavy atom. The van der Waals surface area contributed by atoms with E-state index >= 15 is 0 Å². The minimum atomic E-state index is -0.374. The molecule has 0 bridgehead atoms. The first-order valence-electron chi connectivity index (χ1n) is 9.99. The van der Waals surface area contributed by atoms with Crippen LogP contribution in [0.1, 0.15) is 28.9 Å². The van der Waals surface area contributed by atoms with Gasteiger partial charge in [0.2, 0.25) is 0 Å². The molecule has 1 aromatic heterocycles. The zero-order chi connectivity index (χ0) is 22.4. The van der Waals surface area contributed by atoms with Crippen molar-refractivity contribution < 1.29 is 4.79 Å². The van der Waals surface area contributed by atoms with Crippen molar-refractivity contribution in [3.05, 3.63) is 92.7 Å². The molecule has 6 heteroatoms. The van der Waals surface area contributed by atoms with E-state index in [2.05, 4.69) is 17.4 Å². The summed E-state index contributed by atoms with van der Waals surface area (Å²) in [5.41, 5.74) is 4.62. The Balaban J connectivity index is 1.74. The molecule has 2 aromatic carbocycles. The van der Waals surface area contributed by atoms with Crippen molar-refractivity contribution in [2.75, 3.05) is 6.54 Å². The van der Waals surface area contributed by atoms with Crippen molar-refractivity contribution in [2.24, 2.45) is 0 Å². The molecule has 1 heterocycles. The molecule has 3 rings (SSSR count). The maximum Gasteiger partial charge on any atom is 0.261 e. The van der Waals surface area contributed by atoms with Crippen LogP contribution in [0.3, 0.4) is 0 Å². The van der Waals surface area contributed by atoms with Crippen LogP contribution in [-0.2, 0) is 11.2 Å². The topological polar surface area (TPSA) is 57.8 Å². The van der Waals surface area contributed by atoms with Gasteiger partial charge in [0.1, 0.15) is 11.6 Å². The van der Waals surface area contributed by atoms with E-state index < -0.39 is 0 Å². The number of hydrogen-bond acceptors (Lipinski definition) is 2. The molecule has 158 valence electrons. The van der Waals surface area contributed by atoms with Gasteiger partial charge in [0.25, 0.3) is 5.91 Å². The fraction of sp³-hybridized carbons (Fsp3) is 0.200. The highest BCUT2D eigenvalue weighted by Crippen LogP contribution is 2.29. The Morgan fingerprint density at radius 1 is 1.13 bits per heavy atom. The van der Waals surface area contributed by atoms with Crippen LogP contribution in [0.5, 0.6) is 0 Å². The van der Waals surface area contributed by atoms with E-state index in [4.69, 9.17) is 23.2 Å². The van der Waals surface area contributed by atoms with E-state index in [1.165, 1.54) is 5.56 Å². The fourth-order valence-electron chi connectivity index (χ4n) is 3.50. The monoisotopic (exact) mass is 451 g/mol. The fourth-order valence-corrected chi connectivity index (χ4v) is 3.87. The van der Waals surface area contributed by atoms with Crippen molar-refractivity contribution in [2.45, 2.75) is 26.7 Å². The summed E-state index contributed by atoms with van der Waals surface area (Å²) in [6, 6.07) is 19.3. The first kappa shape index (κ1) is 22.7. The predicted octanol–water partition coefficient (Wildman–Crippen LogP) is 6.06. The van der Waals surface area contributed by atoms with Crippen LogP contribution in [0.2, 0.25) is 10.0 Å². The van der Waals surface area contributed by atoms with E-state index in [-0.39, 0.29) is 11.5 Å². The van der Waals surface area contributed by atoms with Gasteiger partial charge < -0.3 is 9.88 Å². The number of hydrogen-bond donors (Lipinski definition) is 1. The first-order valence-corrected chi connectivity index (χ1v) is 10.7. The minimum absolute atomic E-state index is 0.0668. The molecule has 0 saturated carbocycles. The number of carbonyl (C=O) groups excluding carboxylic acids is 1. The van der Waals surface area contributed by atoms with Gasteiger partial charge in [-0.25, -0.2) is 0 Å². The highest BCUT2D eigenvalue weighted by atomic mass is 35.5. The third kappa shape index (κ3) is 5.58. The summed E-state index contributed by atoms with van der Waals surface area (Å²) in [6.07, 6.45) is 3.29. The van der Waals surface area contributed by atoms with E-state index in [0.717, 1.165) is 35.5 Å². The molecule has 1 N–H and O–H groups in total. The summed E-state index contributed by atoms with van der Waals surface area (Å²) in [5, 5.41) is 13.5. The Hall–Kier alpha value is -3.00. The van der Waals surface area contributed by atoms with Crippen molar-refractivity contribution in [3.8, 4) is 11.8 Å². The minimum Gasteiger partial charge on any atom is -0.351 e. The van der Waals surface area contributed by atoms with Crippen LogP contribution in [-0.4, -0.2) is 17.0 Å². The summed E-state index contributed by atoms with van der Waals surface area (Å²) in [7, 11) is 0.